The van der Waals surface area contributed by atoms with Crippen LogP contribution in [0.5, 0.6) is 0 Å². The molecule has 0 saturated carbocycles. The maximum atomic E-state index is 12.5. The predicted octanol–water partition coefficient (Wildman–Crippen LogP) is 4.94. The molecule has 0 radical (unpaired) electrons. The van der Waals surface area contributed by atoms with Crippen LogP contribution in [0.15, 0.2) is 24.3 Å². The molecule has 1 atom stereocenters. The van der Waals surface area contributed by atoms with Crippen LogP contribution in [0.25, 0.3) is 0 Å². The summed E-state index contributed by atoms with van der Waals surface area (Å²) in [5.41, 5.74) is -1.93. The van der Waals surface area contributed by atoms with Crippen LogP contribution in [0, 0.1) is 0 Å². The molecule has 7 nitrogen and oxygen atoms in total. The summed E-state index contributed by atoms with van der Waals surface area (Å²) in [5.74, 6) is -1.71. The van der Waals surface area contributed by atoms with Gasteiger partial charge in [0.1, 0.15) is 10.1 Å². The van der Waals surface area contributed by atoms with E-state index >= 15 is 0 Å². The van der Waals surface area contributed by atoms with Crippen molar-refractivity contribution in [2.75, 3.05) is 6.61 Å². The van der Waals surface area contributed by atoms with Crippen LogP contribution in [0.2, 0.25) is 0 Å². The second-order valence-corrected chi connectivity index (χ2v) is 11.6. The maximum Gasteiger partial charge on any atom is 1.00 e. The molecule has 218 valence electrons. The molecule has 9 heteroatoms. The van der Waals surface area contributed by atoms with Crippen LogP contribution in [0.1, 0.15) is 150 Å². The summed E-state index contributed by atoms with van der Waals surface area (Å²) in [6, 6.07) is 5.86. The summed E-state index contributed by atoms with van der Waals surface area (Å²) < 4.78 is 43.8. The molecule has 0 spiro atoms. The molecule has 0 heterocycles. The molecule has 1 aromatic carbocycles. The van der Waals surface area contributed by atoms with Crippen LogP contribution in [0.4, 0.5) is 0 Å². The third-order valence-electron chi connectivity index (χ3n) is 6.74. The molecule has 0 amide bonds. The fourth-order valence-electron chi connectivity index (χ4n) is 4.44. The maximum absolute atomic E-state index is 12.5. The molecule has 0 aliphatic carbocycles. The van der Waals surface area contributed by atoms with E-state index in [1.807, 2.05) is 0 Å². The van der Waals surface area contributed by atoms with Gasteiger partial charge in [0.2, 0.25) is 0 Å². The Morgan fingerprint density at radius 3 is 1.46 bits per heavy atom. The van der Waals surface area contributed by atoms with Gasteiger partial charge in [-0.3, -0.25) is 0 Å². The molecular formula is C30H49KO7S. The zero-order valence-electron chi connectivity index (χ0n) is 24.6. The van der Waals surface area contributed by atoms with E-state index in [1.54, 1.807) is 6.07 Å². The van der Waals surface area contributed by atoms with Gasteiger partial charge < -0.3 is 14.0 Å². The average Bonchev–Trinajstić information content (AvgIpc) is 2.90. The summed E-state index contributed by atoms with van der Waals surface area (Å²) in [7, 11) is -4.80. The number of benzene rings is 1. The minimum absolute atomic E-state index is 0. The molecule has 0 aromatic heterocycles. The second-order valence-electron chi connectivity index (χ2n) is 10.1. The number of unbranched alkanes of at least 4 members (excludes halogenated alkanes) is 16. The number of hydrogen-bond donors (Lipinski definition) is 0. The molecule has 39 heavy (non-hydrogen) atoms. The van der Waals surface area contributed by atoms with Gasteiger partial charge in [-0.15, -0.1) is 0 Å². The largest absolute Gasteiger partial charge is 1.00 e. The molecule has 1 aromatic rings. The monoisotopic (exact) mass is 592 g/mol. The Bertz CT molecular complexity index is 889. The molecule has 1 unspecified atom stereocenters. The van der Waals surface area contributed by atoms with E-state index in [0.717, 1.165) is 19.3 Å². The Morgan fingerprint density at radius 2 is 1.08 bits per heavy atom. The first-order chi connectivity index (χ1) is 18.3. The Balaban J connectivity index is 0.0000144. The average molecular weight is 593 g/mol. The third-order valence-corrected chi connectivity index (χ3v) is 7.82. The molecular weight excluding hydrogens is 543 g/mol. The molecule has 0 bridgehead atoms. The summed E-state index contributed by atoms with van der Waals surface area (Å²) in [4.78, 5) is 24.9. The van der Waals surface area contributed by atoms with E-state index in [0.29, 0.717) is 0 Å². The van der Waals surface area contributed by atoms with Crippen LogP contribution >= 0.6 is 0 Å². The first kappa shape index (κ1) is 38.7. The van der Waals surface area contributed by atoms with Crippen molar-refractivity contribution >= 4 is 22.1 Å². The minimum atomic E-state index is -4.80. The van der Waals surface area contributed by atoms with E-state index in [9.17, 15) is 22.6 Å². The van der Waals surface area contributed by atoms with Crippen molar-refractivity contribution in [2.24, 2.45) is 0 Å². The van der Waals surface area contributed by atoms with Crippen LogP contribution in [-0.4, -0.2) is 37.0 Å². The predicted molar refractivity (Wildman–Crippen MR) is 150 cm³/mol. The van der Waals surface area contributed by atoms with Crippen LogP contribution < -0.4 is 51.4 Å². The standard InChI is InChI=1S/C30H50O7S.K/c1-3-5-6-7-8-9-10-11-12-13-14-15-16-17-18-19-22-25-36-29(31)26-23-20-21-24-27(26)30(32)37-28(4-2)38(33,34)35;/h20-21,23-24,28H,3-19,22,25H2,1-2H3,(H,33,34,35);/q;+1/p-1. The second kappa shape index (κ2) is 24.3. The van der Waals surface area contributed by atoms with Crippen molar-refractivity contribution in [2.45, 2.75) is 135 Å². The normalized spacial score (nSPS) is 12.0. The van der Waals surface area contributed by atoms with Gasteiger partial charge >= 0.3 is 63.3 Å². The first-order valence-corrected chi connectivity index (χ1v) is 16.2. The van der Waals surface area contributed by atoms with Crippen molar-refractivity contribution in [1.82, 2.24) is 0 Å². The number of carbonyl (C=O) groups excluding carboxylic acids is 2. The Morgan fingerprint density at radius 1 is 0.692 bits per heavy atom. The van der Waals surface area contributed by atoms with Gasteiger partial charge in [0.15, 0.2) is 5.44 Å². The van der Waals surface area contributed by atoms with Gasteiger partial charge in [-0.2, -0.15) is 0 Å². The summed E-state index contributed by atoms with van der Waals surface area (Å²) >= 11 is 0. The smallest absolute Gasteiger partial charge is 0.745 e. The summed E-state index contributed by atoms with van der Waals surface area (Å²) in [5, 5.41) is 0. The van der Waals surface area contributed by atoms with Crippen molar-refractivity contribution in [3.63, 3.8) is 0 Å². The van der Waals surface area contributed by atoms with E-state index in [-0.39, 0.29) is 75.5 Å². The SMILES string of the molecule is CCCCCCCCCCCCCCCCCCCOC(=O)c1ccccc1C(=O)OC(CC)S(=O)(=O)[O-].[K+]. The number of ether oxygens (including phenoxy) is 2. The van der Waals surface area contributed by atoms with Gasteiger partial charge in [0, 0.05) is 0 Å². The zero-order valence-corrected chi connectivity index (χ0v) is 28.5. The van der Waals surface area contributed by atoms with Gasteiger partial charge in [0.05, 0.1) is 17.7 Å². The Labute approximate surface area is 279 Å². The molecule has 1 rings (SSSR count). The van der Waals surface area contributed by atoms with Crippen molar-refractivity contribution in [1.29, 1.82) is 0 Å². The van der Waals surface area contributed by atoms with Crippen LogP contribution in [-0.2, 0) is 19.6 Å². The van der Waals surface area contributed by atoms with Gasteiger partial charge in [-0.1, -0.05) is 129 Å². The van der Waals surface area contributed by atoms with Crippen molar-refractivity contribution < 1.29 is 83.4 Å². The summed E-state index contributed by atoms with van der Waals surface area (Å²) in [6.45, 7) is 3.93. The van der Waals surface area contributed by atoms with Crippen molar-refractivity contribution in [3.05, 3.63) is 35.4 Å². The topological polar surface area (TPSA) is 110 Å². The van der Waals surface area contributed by atoms with E-state index in [1.165, 1.54) is 115 Å². The van der Waals surface area contributed by atoms with E-state index in [4.69, 9.17) is 9.47 Å². The fraction of sp³-hybridized carbons (Fsp3) is 0.733. The van der Waals surface area contributed by atoms with Gasteiger partial charge in [-0.05, 0) is 25.0 Å². The minimum Gasteiger partial charge on any atom is -0.745 e. The molecule has 0 aliphatic heterocycles. The summed E-state index contributed by atoms with van der Waals surface area (Å²) in [6.07, 6.45) is 21.4. The number of esters is 2. The molecule has 0 aliphatic rings. The van der Waals surface area contributed by atoms with Crippen LogP contribution in [0.3, 0.4) is 0 Å². The van der Waals surface area contributed by atoms with Gasteiger partial charge in [0.25, 0.3) is 0 Å². The zero-order chi connectivity index (χ0) is 28.1. The first-order valence-electron chi connectivity index (χ1n) is 14.7. The molecule has 0 N–H and O–H groups in total. The quantitative estimate of drug-likeness (QED) is 0.0766. The number of carbonyl (C=O) groups is 2. The van der Waals surface area contributed by atoms with Crippen molar-refractivity contribution in [3.8, 4) is 0 Å². The molecule has 0 saturated heterocycles. The Hall–Kier alpha value is -0.294. The van der Waals surface area contributed by atoms with E-state index in [2.05, 4.69) is 6.92 Å². The number of rotatable bonds is 23. The third kappa shape index (κ3) is 18.7. The van der Waals surface area contributed by atoms with E-state index < -0.39 is 27.5 Å². The fourth-order valence-corrected chi connectivity index (χ4v) is 5.05. The Kier molecular flexibility index (Phi) is 24.1. The molecule has 0 fully saturated rings. The number of hydrogen-bond acceptors (Lipinski definition) is 7. The van der Waals surface area contributed by atoms with Gasteiger partial charge in [-0.25, -0.2) is 18.0 Å².